The molecule has 0 aromatic heterocycles. The second-order valence-corrected chi connectivity index (χ2v) is 9.18. The van der Waals surface area contributed by atoms with E-state index in [1.165, 1.54) is 0 Å². The molecule has 0 N–H and O–H groups in total. The van der Waals surface area contributed by atoms with E-state index in [0.717, 1.165) is 0 Å². The molecule has 90 valence electrons. The molecule has 1 fully saturated rings. The molecule has 1 aliphatic rings. The Labute approximate surface area is 124 Å². The number of halogens is 7. The molecule has 0 aromatic rings. The van der Waals surface area contributed by atoms with Crippen LogP contribution in [0.25, 0.3) is 0 Å². The molecule has 1 heterocycles. The first-order chi connectivity index (χ1) is 6.41. The van der Waals surface area contributed by atoms with Crippen molar-refractivity contribution in [1.29, 1.82) is 0 Å². The number of hydrogen-bond donors (Lipinski definition) is 0. The van der Waals surface area contributed by atoms with E-state index in [4.69, 9.17) is 81.2 Å². The smallest absolute Gasteiger partial charge is 0.284 e. The Morgan fingerprint density at radius 1 is 1.13 bits per heavy atom. The van der Waals surface area contributed by atoms with Gasteiger partial charge >= 0.3 is 0 Å². The number of quaternary nitrogens is 1. The lowest BCUT2D eigenvalue weighted by molar-refractivity contribution is -0.919. The summed E-state index contributed by atoms with van der Waals surface area (Å²) in [5.41, 5.74) is 0. The van der Waals surface area contributed by atoms with Crippen molar-refractivity contribution in [1.82, 2.24) is 0 Å². The van der Waals surface area contributed by atoms with Crippen LogP contribution in [0.2, 0.25) is 0 Å². The van der Waals surface area contributed by atoms with Crippen molar-refractivity contribution in [2.75, 3.05) is 20.1 Å². The van der Waals surface area contributed by atoms with Crippen LogP contribution < -0.4 is 0 Å². The minimum Gasteiger partial charge on any atom is -0.289 e. The molecule has 1 aliphatic heterocycles. The molecule has 0 saturated carbocycles. The number of likely N-dealkylation sites (tertiary alicyclic amines) is 1. The van der Waals surface area contributed by atoms with Gasteiger partial charge < -0.3 is 0 Å². The van der Waals surface area contributed by atoms with Gasteiger partial charge in [-0.05, 0) is 23.2 Å². The molecular formula is C7H9Cl7N+. The van der Waals surface area contributed by atoms with Crippen LogP contribution in [0.1, 0.15) is 6.42 Å². The Hall–Kier alpha value is 1.99. The quantitative estimate of drug-likeness (QED) is 0.369. The van der Waals surface area contributed by atoms with Gasteiger partial charge in [-0.25, -0.2) is 0 Å². The van der Waals surface area contributed by atoms with Crippen LogP contribution in [-0.2, 0) is 0 Å². The third-order valence-electron chi connectivity index (χ3n) is 2.57. The summed E-state index contributed by atoms with van der Waals surface area (Å²) in [6.07, 6.45) is 0.445. The molecule has 8 heteroatoms. The van der Waals surface area contributed by atoms with Crippen molar-refractivity contribution in [3.05, 3.63) is 0 Å². The maximum atomic E-state index is 6.17. The number of hydrogen-bond acceptors (Lipinski definition) is 0. The van der Waals surface area contributed by atoms with Crippen LogP contribution in [0.15, 0.2) is 0 Å². The minimum absolute atomic E-state index is 0.0968. The molecule has 0 radical (unpaired) electrons. The topological polar surface area (TPSA) is 0 Å². The summed E-state index contributed by atoms with van der Waals surface area (Å²) in [5, 5.41) is 0. The fraction of sp³-hybridized carbons (Fsp3) is 1.00. The van der Waals surface area contributed by atoms with Gasteiger partial charge in [-0.3, -0.25) is 4.48 Å². The molecule has 0 amide bonds. The van der Waals surface area contributed by atoms with Crippen molar-refractivity contribution >= 4 is 81.2 Å². The van der Waals surface area contributed by atoms with Gasteiger partial charge in [-0.15, -0.1) is 0 Å². The molecule has 1 unspecified atom stereocenters. The lowest BCUT2D eigenvalue weighted by atomic mass is 10.3. The predicted octanol–water partition coefficient (Wildman–Crippen LogP) is 4.51. The van der Waals surface area contributed by atoms with E-state index >= 15 is 0 Å². The second-order valence-electron chi connectivity index (χ2n) is 3.89. The van der Waals surface area contributed by atoms with Crippen molar-refractivity contribution in [3.8, 4) is 0 Å². The minimum atomic E-state index is -1.45. The van der Waals surface area contributed by atoms with Gasteiger partial charge in [0.1, 0.15) is 6.54 Å². The first kappa shape index (κ1) is 15.0. The average molecular weight is 355 g/mol. The highest BCUT2D eigenvalue weighted by atomic mass is 35.6. The summed E-state index contributed by atoms with van der Waals surface area (Å²) in [7, 11) is 1.76. The van der Waals surface area contributed by atoms with Crippen LogP contribution in [0.5, 0.6) is 0 Å². The van der Waals surface area contributed by atoms with E-state index < -0.39 is 12.6 Å². The fourth-order valence-corrected chi connectivity index (χ4v) is 3.49. The molecular weight excluding hydrogens is 346 g/mol. The Bertz CT molecular complexity index is 259. The Balaban J connectivity index is 2.97. The number of alkyl halides is 7. The van der Waals surface area contributed by atoms with Crippen LogP contribution in [0.3, 0.4) is 0 Å². The van der Waals surface area contributed by atoms with Gasteiger partial charge in [-0.1, -0.05) is 58.0 Å². The lowest BCUT2D eigenvalue weighted by Crippen LogP contribution is -2.59. The van der Waals surface area contributed by atoms with E-state index in [1.807, 2.05) is 0 Å². The summed E-state index contributed by atoms with van der Waals surface area (Å²) < 4.78 is -3.97. The molecule has 15 heavy (non-hydrogen) atoms. The molecule has 1 saturated heterocycles. The van der Waals surface area contributed by atoms with E-state index in [9.17, 15) is 0 Å². The highest BCUT2D eigenvalue weighted by Crippen LogP contribution is 2.56. The standard InChI is InChI=1S/C7H9Cl7N/c1-15(4-6(10,11)12)3-2-5(8,9)7(15,13)14/h2-4H2,1H3/q+1. The maximum absolute atomic E-state index is 6.17. The van der Waals surface area contributed by atoms with E-state index in [-0.39, 0.29) is 11.0 Å². The maximum Gasteiger partial charge on any atom is 0.284 e. The lowest BCUT2D eigenvalue weighted by Gasteiger charge is -2.41. The zero-order chi connectivity index (χ0) is 12.1. The fourth-order valence-electron chi connectivity index (χ4n) is 1.65. The van der Waals surface area contributed by atoms with Crippen LogP contribution in [-0.4, -0.2) is 37.2 Å². The van der Waals surface area contributed by atoms with Gasteiger partial charge in [0.05, 0.1) is 13.6 Å². The summed E-state index contributed by atoms with van der Waals surface area (Å²) in [6.45, 7) is 0.694. The predicted molar refractivity (Wildman–Crippen MR) is 69.7 cm³/mol. The van der Waals surface area contributed by atoms with Crippen LogP contribution in [0.4, 0.5) is 0 Å². The normalized spacial score (nSPS) is 34.4. The van der Waals surface area contributed by atoms with Crippen molar-refractivity contribution < 1.29 is 4.48 Å². The monoisotopic (exact) mass is 352 g/mol. The first-order valence-corrected chi connectivity index (χ1v) is 6.73. The molecule has 1 atom stereocenters. The van der Waals surface area contributed by atoms with Gasteiger partial charge in [0.25, 0.3) is 4.46 Å². The zero-order valence-electron chi connectivity index (χ0n) is 7.71. The summed E-state index contributed by atoms with van der Waals surface area (Å²) >= 11 is 41.6. The summed E-state index contributed by atoms with van der Waals surface area (Å²) in [6, 6.07) is 0. The SMILES string of the molecule is C[N+]1(CC(Cl)(Cl)Cl)CCC(Cl)(Cl)C1(Cl)Cl. The highest BCUT2D eigenvalue weighted by molar-refractivity contribution is 6.67. The van der Waals surface area contributed by atoms with Crippen molar-refractivity contribution in [3.63, 3.8) is 0 Å². The first-order valence-electron chi connectivity index (χ1n) is 4.08. The Morgan fingerprint density at radius 3 is 1.87 bits per heavy atom. The van der Waals surface area contributed by atoms with Gasteiger partial charge in [0, 0.05) is 6.42 Å². The van der Waals surface area contributed by atoms with Crippen molar-refractivity contribution in [2.24, 2.45) is 0 Å². The van der Waals surface area contributed by atoms with Gasteiger partial charge in [-0.2, -0.15) is 0 Å². The zero-order valence-corrected chi connectivity index (χ0v) is 13.0. The average Bonchev–Trinajstić information content (AvgIpc) is 2.09. The highest BCUT2D eigenvalue weighted by Gasteiger charge is 2.67. The Morgan fingerprint density at radius 2 is 1.60 bits per heavy atom. The van der Waals surface area contributed by atoms with E-state index in [2.05, 4.69) is 0 Å². The molecule has 0 aromatic carbocycles. The molecule has 1 nitrogen and oxygen atoms in total. The van der Waals surface area contributed by atoms with Crippen molar-refractivity contribution in [2.45, 2.75) is 19.0 Å². The number of rotatable bonds is 1. The van der Waals surface area contributed by atoms with E-state index in [1.54, 1.807) is 7.05 Å². The molecule has 0 aliphatic carbocycles. The second kappa shape index (κ2) is 4.28. The molecule has 0 bridgehead atoms. The van der Waals surface area contributed by atoms with E-state index in [0.29, 0.717) is 13.0 Å². The summed E-state index contributed by atoms with van der Waals surface area (Å²) in [4.78, 5) is 0. The third kappa shape index (κ3) is 2.88. The van der Waals surface area contributed by atoms with Crippen LogP contribution >= 0.6 is 81.2 Å². The van der Waals surface area contributed by atoms with Gasteiger partial charge in [0.2, 0.25) is 8.13 Å². The Kier molecular flexibility index (Phi) is 4.29. The van der Waals surface area contributed by atoms with Gasteiger partial charge in [0.15, 0.2) is 0 Å². The molecule has 1 rings (SSSR count). The largest absolute Gasteiger partial charge is 0.289 e. The summed E-state index contributed by atoms with van der Waals surface area (Å²) in [5.74, 6) is 0. The third-order valence-corrected chi connectivity index (χ3v) is 5.70. The number of nitrogens with zero attached hydrogens (tertiary/aromatic N) is 1. The molecule has 0 spiro atoms. The van der Waals surface area contributed by atoms with Crippen LogP contribution in [0, 0.1) is 0 Å².